The molecule has 0 saturated carbocycles. The summed E-state index contributed by atoms with van der Waals surface area (Å²) in [6, 6.07) is 8.14. The van der Waals surface area contributed by atoms with E-state index in [9.17, 15) is 4.39 Å². The Balaban J connectivity index is 1.36. The maximum atomic E-state index is 13.1. The van der Waals surface area contributed by atoms with Gasteiger partial charge in [-0.05, 0) is 31.2 Å². The third-order valence-corrected chi connectivity index (χ3v) is 5.00. The number of aromatic nitrogens is 4. The Morgan fingerprint density at radius 1 is 1.03 bits per heavy atom. The molecule has 1 saturated heterocycles. The Hall–Kier alpha value is -2.87. The van der Waals surface area contributed by atoms with Gasteiger partial charge in [-0.2, -0.15) is 4.98 Å². The monoisotopic (exact) mass is 396 g/mol. The largest absolute Gasteiger partial charge is 0.354 e. The third kappa shape index (κ3) is 4.59. The summed E-state index contributed by atoms with van der Waals surface area (Å²) in [6.45, 7) is 10.4. The summed E-state index contributed by atoms with van der Waals surface area (Å²) < 4.78 is 18.5. The lowest BCUT2D eigenvalue weighted by molar-refractivity contribution is 0.215. The summed E-state index contributed by atoms with van der Waals surface area (Å²) in [5.41, 5.74) is 1.74. The van der Waals surface area contributed by atoms with Crippen LogP contribution < -0.4 is 4.90 Å². The number of nitrogens with zero attached hydrogens (tertiary/aromatic N) is 6. The van der Waals surface area contributed by atoms with Crippen LogP contribution in [0.15, 0.2) is 34.9 Å². The Morgan fingerprint density at radius 3 is 2.45 bits per heavy atom. The average molecular weight is 396 g/mol. The number of hydrogen-bond donors (Lipinski definition) is 0. The fraction of sp³-hybridized carbons (Fsp3) is 0.429. The fourth-order valence-corrected chi connectivity index (χ4v) is 3.36. The van der Waals surface area contributed by atoms with Gasteiger partial charge in [0.25, 0.3) is 0 Å². The number of hydrogen-bond acceptors (Lipinski definition) is 7. The molecule has 0 aliphatic carbocycles. The molecule has 0 bridgehead atoms. The van der Waals surface area contributed by atoms with Crippen LogP contribution in [0.5, 0.6) is 0 Å². The predicted molar refractivity (Wildman–Crippen MR) is 108 cm³/mol. The van der Waals surface area contributed by atoms with Crippen LogP contribution in [0.3, 0.4) is 0 Å². The Morgan fingerprint density at radius 2 is 1.76 bits per heavy atom. The summed E-state index contributed by atoms with van der Waals surface area (Å²) in [6.07, 6.45) is 0. The minimum Gasteiger partial charge on any atom is -0.354 e. The van der Waals surface area contributed by atoms with Crippen molar-refractivity contribution in [2.45, 2.75) is 33.2 Å². The zero-order valence-electron chi connectivity index (χ0n) is 17.0. The van der Waals surface area contributed by atoms with Gasteiger partial charge in [-0.3, -0.25) is 4.90 Å². The zero-order chi connectivity index (χ0) is 20.4. The van der Waals surface area contributed by atoms with Crippen LogP contribution in [0.2, 0.25) is 0 Å². The van der Waals surface area contributed by atoms with Crippen LogP contribution in [-0.2, 0) is 6.54 Å². The van der Waals surface area contributed by atoms with Gasteiger partial charge in [0, 0.05) is 49.4 Å². The standard InChI is InChI=1S/C21H25FN6O/c1-14(2)20-23-15(3)12-18(24-20)28-10-8-27(9-11-28)13-19-25-21(26-29-19)16-4-6-17(22)7-5-16/h4-7,12,14H,8-11,13H2,1-3H3. The van der Waals surface area contributed by atoms with Gasteiger partial charge in [0.15, 0.2) is 0 Å². The van der Waals surface area contributed by atoms with Gasteiger partial charge in [0.1, 0.15) is 17.5 Å². The van der Waals surface area contributed by atoms with Gasteiger partial charge in [-0.1, -0.05) is 19.0 Å². The second-order valence-corrected chi connectivity index (χ2v) is 7.66. The number of benzene rings is 1. The van der Waals surface area contributed by atoms with Gasteiger partial charge in [-0.15, -0.1) is 0 Å². The summed E-state index contributed by atoms with van der Waals surface area (Å²) in [5.74, 6) is 2.96. The minimum absolute atomic E-state index is 0.283. The Labute approximate surface area is 169 Å². The molecule has 8 heteroatoms. The number of halogens is 1. The molecule has 1 fully saturated rings. The molecule has 29 heavy (non-hydrogen) atoms. The van der Waals surface area contributed by atoms with E-state index in [1.807, 2.05) is 6.92 Å². The normalized spacial score (nSPS) is 15.3. The highest BCUT2D eigenvalue weighted by Crippen LogP contribution is 2.20. The van der Waals surface area contributed by atoms with E-state index in [0.29, 0.717) is 24.2 Å². The molecule has 1 aromatic carbocycles. The molecule has 3 heterocycles. The Kier molecular flexibility index (Phi) is 5.53. The van der Waals surface area contributed by atoms with Gasteiger partial charge >= 0.3 is 0 Å². The van der Waals surface area contributed by atoms with Gasteiger partial charge in [-0.25, -0.2) is 14.4 Å². The maximum absolute atomic E-state index is 13.1. The van der Waals surface area contributed by atoms with Crippen molar-refractivity contribution in [3.8, 4) is 11.4 Å². The number of piperazine rings is 1. The van der Waals surface area contributed by atoms with Crippen molar-refractivity contribution in [2.24, 2.45) is 0 Å². The van der Waals surface area contributed by atoms with Crippen molar-refractivity contribution < 1.29 is 8.91 Å². The summed E-state index contributed by atoms with van der Waals surface area (Å²) in [7, 11) is 0. The third-order valence-electron chi connectivity index (χ3n) is 5.00. The SMILES string of the molecule is Cc1cc(N2CCN(Cc3nc(-c4ccc(F)cc4)no3)CC2)nc(C(C)C)n1. The molecule has 0 atom stereocenters. The van der Waals surface area contributed by atoms with Crippen LogP contribution in [0, 0.1) is 12.7 Å². The van der Waals surface area contributed by atoms with Crippen molar-refractivity contribution in [3.05, 3.63) is 53.6 Å². The summed E-state index contributed by atoms with van der Waals surface area (Å²) in [5, 5.41) is 4.02. The highest BCUT2D eigenvalue weighted by Gasteiger charge is 2.21. The molecule has 0 unspecified atom stereocenters. The quantitative estimate of drug-likeness (QED) is 0.654. The van der Waals surface area contributed by atoms with Crippen molar-refractivity contribution in [1.29, 1.82) is 0 Å². The lowest BCUT2D eigenvalue weighted by Crippen LogP contribution is -2.46. The van der Waals surface area contributed by atoms with Gasteiger partial charge < -0.3 is 9.42 Å². The van der Waals surface area contributed by atoms with E-state index in [2.05, 4.69) is 44.8 Å². The molecule has 7 nitrogen and oxygen atoms in total. The first-order chi connectivity index (χ1) is 14.0. The van der Waals surface area contributed by atoms with Crippen molar-refractivity contribution in [3.63, 3.8) is 0 Å². The van der Waals surface area contributed by atoms with E-state index in [4.69, 9.17) is 9.51 Å². The lowest BCUT2D eigenvalue weighted by atomic mass is 10.2. The average Bonchev–Trinajstić information content (AvgIpc) is 3.17. The smallest absolute Gasteiger partial charge is 0.241 e. The summed E-state index contributed by atoms with van der Waals surface area (Å²) >= 11 is 0. The lowest BCUT2D eigenvalue weighted by Gasteiger charge is -2.34. The van der Waals surface area contributed by atoms with Crippen LogP contribution in [0.25, 0.3) is 11.4 Å². The molecule has 4 rings (SSSR count). The van der Waals surface area contributed by atoms with E-state index in [1.165, 1.54) is 12.1 Å². The molecule has 0 spiro atoms. The second kappa shape index (κ2) is 8.24. The van der Waals surface area contributed by atoms with Crippen molar-refractivity contribution in [2.75, 3.05) is 31.1 Å². The molecule has 152 valence electrons. The predicted octanol–water partition coefficient (Wildman–Crippen LogP) is 3.42. The second-order valence-electron chi connectivity index (χ2n) is 7.66. The van der Waals surface area contributed by atoms with Crippen LogP contribution in [-0.4, -0.2) is 51.2 Å². The first-order valence-electron chi connectivity index (χ1n) is 9.89. The van der Waals surface area contributed by atoms with Gasteiger partial charge in [0.2, 0.25) is 11.7 Å². The number of rotatable bonds is 5. The van der Waals surface area contributed by atoms with Gasteiger partial charge in [0.05, 0.1) is 6.54 Å². The number of aryl methyl sites for hydroxylation is 1. The van der Waals surface area contributed by atoms with E-state index in [1.54, 1.807) is 12.1 Å². The fourth-order valence-electron chi connectivity index (χ4n) is 3.36. The van der Waals surface area contributed by atoms with Crippen LogP contribution in [0.1, 0.15) is 37.2 Å². The molecular formula is C21H25FN6O. The van der Waals surface area contributed by atoms with Crippen LogP contribution >= 0.6 is 0 Å². The summed E-state index contributed by atoms with van der Waals surface area (Å²) in [4.78, 5) is 18.3. The maximum Gasteiger partial charge on any atom is 0.241 e. The molecule has 0 N–H and O–H groups in total. The molecule has 3 aromatic rings. The number of anilines is 1. The minimum atomic E-state index is -0.283. The first-order valence-corrected chi connectivity index (χ1v) is 9.89. The molecule has 1 aliphatic rings. The van der Waals surface area contributed by atoms with E-state index in [0.717, 1.165) is 49.1 Å². The molecule has 1 aliphatic heterocycles. The Bertz CT molecular complexity index is 964. The van der Waals surface area contributed by atoms with Crippen molar-refractivity contribution in [1.82, 2.24) is 25.0 Å². The van der Waals surface area contributed by atoms with E-state index < -0.39 is 0 Å². The topological polar surface area (TPSA) is 71.2 Å². The zero-order valence-corrected chi connectivity index (χ0v) is 17.0. The molecule has 0 radical (unpaired) electrons. The highest BCUT2D eigenvalue weighted by molar-refractivity contribution is 5.53. The van der Waals surface area contributed by atoms with Crippen molar-refractivity contribution >= 4 is 5.82 Å². The molecular weight excluding hydrogens is 371 g/mol. The van der Waals surface area contributed by atoms with Crippen LogP contribution in [0.4, 0.5) is 10.2 Å². The van der Waals surface area contributed by atoms with E-state index >= 15 is 0 Å². The molecule has 2 aromatic heterocycles. The molecule has 0 amide bonds. The highest BCUT2D eigenvalue weighted by atomic mass is 19.1. The first kappa shape index (κ1) is 19.4. The van der Waals surface area contributed by atoms with E-state index in [-0.39, 0.29) is 5.82 Å².